The Bertz CT molecular complexity index is 125. The third-order valence-electron chi connectivity index (χ3n) is 2.48. The van der Waals surface area contributed by atoms with Crippen molar-refractivity contribution >= 4 is 0 Å². The van der Waals surface area contributed by atoms with Crippen LogP contribution in [0.5, 0.6) is 0 Å². The molecule has 1 aliphatic carbocycles. The maximum absolute atomic E-state index is 4.04. The third-order valence-corrected chi connectivity index (χ3v) is 2.48. The first-order valence-corrected chi connectivity index (χ1v) is 4.77. The van der Waals surface area contributed by atoms with Crippen molar-refractivity contribution in [1.82, 2.24) is 5.32 Å². The van der Waals surface area contributed by atoms with Crippen molar-refractivity contribution in [2.75, 3.05) is 6.54 Å². The van der Waals surface area contributed by atoms with E-state index in [1.54, 1.807) is 0 Å². The second kappa shape index (κ2) is 4.42. The number of unbranched alkanes of at least 4 members (excludes halogenated alkanes) is 1. The van der Waals surface area contributed by atoms with Crippen molar-refractivity contribution < 1.29 is 0 Å². The summed E-state index contributed by atoms with van der Waals surface area (Å²) in [5, 5.41) is 3.39. The van der Waals surface area contributed by atoms with Crippen LogP contribution in [0.2, 0.25) is 0 Å². The van der Waals surface area contributed by atoms with Gasteiger partial charge in [0.15, 0.2) is 0 Å². The van der Waals surface area contributed by atoms with E-state index in [1.807, 2.05) is 0 Å². The Hall–Kier alpha value is -0.460. The van der Waals surface area contributed by atoms with Gasteiger partial charge in [0, 0.05) is 12.2 Å². The fourth-order valence-corrected chi connectivity index (χ4v) is 1.33. The van der Waals surface area contributed by atoms with Crippen molar-refractivity contribution in [3.8, 4) is 0 Å². The summed E-state index contributed by atoms with van der Waals surface area (Å²) in [7, 11) is 0. The average molecular weight is 153 g/mol. The van der Waals surface area contributed by atoms with Gasteiger partial charge >= 0.3 is 0 Å². The molecule has 0 atom stereocenters. The molecule has 1 rings (SSSR count). The molecule has 1 aliphatic rings. The van der Waals surface area contributed by atoms with Crippen LogP contribution in [0.4, 0.5) is 0 Å². The highest BCUT2D eigenvalue weighted by Crippen LogP contribution is 2.30. The highest BCUT2D eigenvalue weighted by atomic mass is 14.9. The molecule has 0 aromatic rings. The van der Waals surface area contributed by atoms with Crippen molar-refractivity contribution in [3.63, 3.8) is 0 Å². The van der Waals surface area contributed by atoms with E-state index in [1.165, 1.54) is 37.8 Å². The van der Waals surface area contributed by atoms with Gasteiger partial charge in [0.25, 0.3) is 0 Å². The standard InChI is InChI=1S/C10H19N/c1-3-4-8-11-9(2)10-6-5-7-10/h10-11H,2-8H2,1H3. The van der Waals surface area contributed by atoms with E-state index in [9.17, 15) is 0 Å². The Morgan fingerprint density at radius 3 is 2.73 bits per heavy atom. The summed E-state index contributed by atoms with van der Waals surface area (Å²) in [6.45, 7) is 7.37. The zero-order valence-corrected chi connectivity index (χ0v) is 7.53. The molecule has 1 nitrogen and oxygen atoms in total. The van der Waals surface area contributed by atoms with Crippen LogP contribution in [0.1, 0.15) is 39.0 Å². The summed E-state index contributed by atoms with van der Waals surface area (Å²) in [6, 6.07) is 0. The summed E-state index contributed by atoms with van der Waals surface area (Å²) < 4.78 is 0. The number of nitrogens with one attached hydrogen (secondary N) is 1. The highest BCUT2D eigenvalue weighted by molar-refractivity contribution is 5.01. The van der Waals surface area contributed by atoms with Gasteiger partial charge in [-0.3, -0.25) is 0 Å². The molecule has 0 unspecified atom stereocenters. The predicted molar refractivity (Wildman–Crippen MR) is 49.4 cm³/mol. The molecule has 0 spiro atoms. The molecule has 1 N–H and O–H groups in total. The van der Waals surface area contributed by atoms with Crippen LogP contribution in [0, 0.1) is 5.92 Å². The van der Waals surface area contributed by atoms with Crippen molar-refractivity contribution in [1.29, 1.82) is 0 Å². The molecule has 0 aromatic heterocycles. The first-order valence-electron chi connectivity index (χ1n) is 4.77. The van der Waals surface area contributed by atoms with Gasteiger partial charge in [-0.25, -0.2) is 0 Å². The highest BCUT2D eigenvalue weighted by Gasteiger charge is 2.19. The Kier molecular flexibility index (Phi) is 3.47. The molecule has 1 heteroatoms. The van der Waals surface area contributed by atoms with Crippen LogP contribution in [-0.4, -0.2) is 6.54 Å². The minimum absolute atomic E-state index is 0.798. The van der Waals surface area contributed by atoms with Gasteiger partial charge in [0.05, 0.1) is 0 Å². The first kappa shape index (κ1) is 8.63. The third kappa shape index (κ3) is 2.57. The fraction of sp³-hybridized carbons (Fsp3) is 0.800. The molecular formula is C10H19N. The van der Waals surface area contributed by atoms with E-state index in [4.69, 9.17) is 0 Å². The molecule has 11 heavy (non-hydrogen) atoms. The molecule has 0 aromatic carbocycles. The lowest BCUT2D eigenvalue weighted by Crippen LogP contribution is -2.24. The smallest absolute Gasteiger partial charge is 0.0143 e. The van der Waals surface area contributed by atoms with Gasteiger partial charge in [-0.15, -0.1) is 0 Å². The molecule has 0 aliphatic heterocycles. The van der Waals surface area contributed by atoms with Gasteiger partial charge in [-0.05, 0) is 25.2 Å². The van der Waals surface area contributed by atoms with E-state index in [0.717, 1.165) is 12.5 Å². The summed E-state index contributed by atoms with van der Waals surface area (Å²) >= 11 is 0. The average Bonchev–Trinajstić information content (AvgIpc) is 1.84. The summed E-state index contributed by atoms with van der Waals surface area (Å²) in [5.74, 6) is 0.798. The maximum Gasteiger partial charge on any atom is 0.0143 e. The Balaban J connectivity index is 2.01. The molecule has 1 fully saturated rings. The fourth-order valence-electron chi connectivity index (χ4n) is 1.33. The number of hydrogen-bond donors (Lipinski definition) is 1. The van der Waals surface area contributed by atoms with Gasteiger partial charge in [0.2, 0.25) is 0 Å². The topological polar surface area (TPSA) is 12.0 Å². The van der Waals surface area contributed by atoms with E-state index >= 15 is 0 Å². The van der Waals surface area contributed by atoms with Crippen LogP contribution < -0.4 is 5.32 Å². The Morgan fingerprint density at radius 2 is 2.27 bits per heavy atom. The van der Waals surface area contributed by atoms with E-state index in [2.05, 4.69) is 18.8 Å². The minimum atomic E-state index is 0.798. The number of rotatable bonds is 5. The summed E-state index contributed by atoms with van der Waals surface area (Å²) in [5.41, 5.74) is 1.28. The Morgan fingerprint density at radius 1 is 1.55 bits per heavy atom. The maximum atomic E-state index is 4.04. The van der Waals surface area contributed by atoms with Gasteiger partial charge in [-0.2, -0.15) is 0 Å². The normalized spacial score (nSPS) is 17.5. The molecule has 1 saturated carbocycles. The van der Waals surface area contributed by atoms with Gasteiger partial charge in [0.1, 0.15) is 0 Å². The Labute approximate surface area is 69.9 Å². The number of allylic oxidation sites excluding steroid dienone is 1. The summed E-state index contributed by atoms with van der Waals surface area (Å²) in [4.78, 5) is 0. The van der Waals surface area contributed by atoms with Crippen molar-refractivity contribution in [2.45, 2.75) is 39.0 Å². The quantitative estimate of drug-likeness (QED) is 0.599. The van der Waals surface area contributed by atoms with E-state index in [-0.39, 0.29) is 0 Å². The SMILES string of the molecule is C=C(NCCCC)C1CCC1. The zero-order chi connectivity index (χ0) is 8.10. The predicted octanol–water partition coefficient (Wildman–Crippen LogP) is 2.69. The lowest BCUT2D eigenvalue weighted by Gasteiger charge is -2.28. The van der Waals surface area contributed by atoms with Crippen LogP contribution in [0.15, 0.2) is 12.3 Å². The summed E-state index contributed by atoms with van der Waals surface area (Å²) in [6.07, 6.45) is 6.66. The van der Waals surface area contributed by atoms with Crippen LogP contribution in [0.3, 0.4) is 0 Å². The van der Waals surface area contributed by atoms with Crippen LogP contribution in [0.25, 0.3) is 0 Å². The molecule has 0 saturated heterocycles. The second-order valence-electron chi connectivity index (χ2n) is 3.43. The van der Waals surface area contributed by atoms with Crippen LogP contribution in [-0.2, 0) is 0 Å². The van der Waals surface area contributed by atoms with E-state index in [0.29, 0.717) is 0 Å². The largest absolute Gasteiger partial charge is 0.389 e. The van der Waals surface area contributed by atoms with Gasteiger partial charge < -0.3 is 5.32 Å². The molecule has 64 valence electrons. The molecule has 0 radical (unpaired) electrons. The first-order chi connectivity index (χ1) is 5.34. The minimum Gasteiger partial charge on any atom is -0.389 e. The number of hydrogen-bond acceptors (Lipinski definition) is 1. The zero-order valence-electron chi connectivity index (χ0n) is 7.53. The molecule has 0 bridgehead atoms. The molecular weight excluding hydrogens is 134 g/mol. The van der Waals surface area contributed by atoms with E-state index < -0.39 is 0 Å². The monoisotopic (exact) mass is 153 g/mol. The van der Waals surface area contributed by atoms with Crippen molar-refractivity contribution in [3.05, 3.63) is 12.3 Å². The van der Waals surface area contributed by atoms with Gasteiger partial charge in [-0.1, -0.05) is 26.3 Å². The molecule has 0 amide bonds. The molecule has 0 heterocycles. The van der Waals surface area contributed by atoms with Crippen LogP contribution >= 0.6 is 0 Å². The van der Waals surface area contributed by atoms with Crippen molar-refractivity contribution in [2.24, 2.45) is 5.92 Å². The lowest BCUT2D eigenvalue weighted by atomic mass is 9.83. The second-order valence-corrected chi connectivity index (χ2v) is 3.43. The lowest BCUT2D eigenvalue weighted by molar-refractivity contribution is 0.350.